The van der Waals surface area contributed by atoms with E-state index in [2.05, 4.69) is 18.0 Å². The van der Waals surface area contributed by atoms with Crippen molar-refractivity contribution in [2.45, 2.75) is 43.9 Å². The number of nitrogens with zero attached hydrogens (tertiary/aromatic N) is 2. The predicted molar refractivity (Wildman–Crippen MR) is 76.6 cm³/mol. The number of piperidine rings is 1. The smallest absolute Gasteiger partial charge is 0.121 e. The first kappa shape index (κ1) is 14.2. The monoisotopic (exact) mass is 278 g/mol. The van der Waals surface area contributed by atoms with Crippen LogP contribution in [0.15, 0.2) is 24.3 Å². The molecular formula is C15H19ClN2O. The molecule has 2 aliphatic rings. The van der Waals surface area contributed by atoms with Gasteiger partial charge in [-0.25, -0.2) is 0 Å². The first-order valence-electron chi connectivity index (χ1n) is 6.65. The molecule has 2 heterocycles. The number of rotatable bonds is 2. The van der Waals surface area contributed by atoms with Crippen LogP contribution in [0.2, 0.25) is 0 Å². The molecule has 2 saturated heterocycles. The van der Waals surface area contributed by atoms with E-state index >= 15 is 0 Å². The molecule has 4 heteroatoms. The summed E-state index contributed by atoms with van der Waals surface area (Å²) in [6.07, 6.45) is 5.15. The lowest BCUT2D eigenvalue weighted by Crippen LogP contribution is -2.43. The maximum Gasteiger partial charge on any atom is 0.121 e. The van der Waals surface area contributed by atoms with E-state index < -0.39 is 0 Å². The first-order chi connectivity index (χ1) is 8.76. The van der Waals surface area contributed by atoms with Gasteiger partial charge in [0.25, 0.3) is 0 Å². The molecule has 102 valence electrons. The number of hydrogen-bond donors (Lipinski definition) is 0. The van der Waals surface area contributed by atoms with Crippen molar-refractivity contribution in [3.05, 3.63) is 29.8 Å². The summed E-state index contributed by atoms with van der Waals surface area (Å²) < 4.78 is 6.05. The third-order valence-electron chi connectivity index (χ3n) is 4.32. The Hall–Kier alpha value is -1.24. The summed E-state index contributed by atoms with van der Waals surface area (Å²) in [5.41, 5.74) is 0.670. The quantitative estimate of drug-likeness (QED) is 0.834. The summed E-state index contributed by atoms with van der Waals surface area (Å²) >= 11 is 0. The van der Waals surface area contributed by atoms with E-state index in [4.69, 9.17) is 10.00 Å². The van der Waals surface area contributed by atoms with Crippen LogP contribution in [0.25, 0.3) is 0 Å². The fraction of sp³-hybridized carbons (Fsp3) is 0.533. The molecule has 0 amide bonds. The maximum atomic E-state index is 8.88. The Labute approximate surface area is 120 Å². The molecule has 0 radical (unpaired) electrons. The van der Waals surface area contributed by atoms with Crippen molar-refractivity contribution in [3.63, 3.8) is 0 Å². The number of hydrogen-bond acceptors (Lipinski definition) is 3. The van der Waals surface area contributed by atoms with E-state index in [9.17, 15) is 0 Å². The Morgan fingerprint density at radius 2 is 1.95 bits per heavy atom. The summed E-state index contributed by atoms with van der Waals surface area (Å²) in [7, 11) is 2.23. The fourth-order valence-corrected chi connectivity index (χ4v) is 3.29. The molecule has 2 fully saturated rings. The average Bonchev–Trinajstić information content (AvgIpc) is 2.62. The SMILES string of the molecule is CN1C2CCC1CC(Oc1cccc(C#N)c1)C2.Cl. The molecule has 3 rings (SSSR count). The van der Waals surface area contributed by atoms with E-state index in [1.54, 1.807) is 0 Å². The molecule has 2 bridgehead atoms. The minimum atomic E-state index is 0. The molecule has 2 aliphatic heterocycles. The average molecular weight is 279 g/mol. The van der Waals surface area contributed by atoms with E-state index in [1.165, 1.54) is 12.8 Å². The Morgan fingerprint density at radius 3 is 2.58 bits per heavy atom. The lowest BCUT2D eigenvalue weighted by molar-refractivity contribution is 0.0661. The molecule has 0 aromatic heterocycles. The third-order valence-corrected chi connectivity index (χ3v) is 4.32. The van der Waals surface area contributed by atoms with Gasteiger partial charge in [0.2, 0.25) is 0 Å². The zero-order valence-corrected chi connectivity index (χ0v) is 11.9. The predicted octanol–water partition coefficient (Wildman–Crippen LogP) is 2.98. The van der Waals surface area contributed by atoms with Gasteiger partial charge in [-0.05, 0) is 50.9 Å². The molecule has 19 heavy (non-hydrogen) atoms. The number of nitriles is 1. The zero-order valence-electron chi connectivity index (χ0n) is 11.1. The Kier molecular flexibility index (Phi) is 4.34. The van der Waals surface area contributed by atoms with Crippen molar-refractivity contribution in [1.29, 1.82) is 5.26 Å². The second-order valence-corrected chi connectivity index (χ2v) is 5.40. The largest absolute Gasteiger partial charge is 0.490 e. The van der Waals surface area contributed by atoms with Crippen LogP contribution in [0.1, 0.15) is 31.2 Å². The van der Waals surface area contributed by atoms with Crippen molar-refractivity contribution in [1.82, 2.24) is 4.90 Å². The number of benzene rings is 1. The van der Waals surface area contributed by atoms with E-state index in [1.807, 2.05) is 24.3 Å². The molecule has 3 nitrogen and oxygen atoms in total. The highest BCUT2D eigenvalue weighted by Crippen LogP contribution is 2.35. The highest BCUT2D eigenvalue weighted by molar-refractivity contribution is 5.85. The maximum absolute atomic E-state index is 8.88. The van der Waals surface area contributed by atoms with Crippen molar-refractivity contribution in [2.24, 2.45) is 0 Å². The van der Waals surface area contributed by atoms with Crippen LogP contribution in [-0.4, -0.2) is 30.1 Å². The van der Waals surface area contributed by atoms with Gasteiger partial charge < -0.3 is 9.64 Å². The van der Waals surface area contributed by atoms with E-state index in [-0.39, 0.29) is 12.4 Å². The van der Waals surface area contributed by atoms with Gasteiger partial charge in [0.05, 0.1) is 11.6 Å². The number of halogens is 1. The first-order valence-corrected chi connectivity index (χ1v) is 6.65. The summed E-state index contributed by atoms with van der Waals surface area (Å²) in [5, 5.41) is 8.88. The molecule has 2 atom stereocenters. The molecule has 1 aromatic carbocycles. The van der Waals surface area contributed by atoms with Crippen molar-refractivity contribution >= 4 is 12.4 Å². The van der Waals surface area contributed by atoms with Crippen molar-refractivity contribution < 1.29 is 4.74 Å². The topological polar surface area (TPSA) is 36.3 Å². The third kappa shape index (κ3) is 2.86. The molecule has 0 N–H and O–H groups in total. The van der Waals surface area contributed by atoms with Gasteiger partial charge in [0, 0.05) is 12.1 Å². The lowest BCUT2D eigenvalue weighted by atomic mass is 10.0. The summed E-state index contributed by atoms with van der Waals surface area (Å²) in [6, 6.07) is 11.0. The van der Waals surface area contributed by atoms with Crippen LogP contribution in [0, 0.1) is 11.3 Å². The van der Waals surface area contributed by atoms with Gasteiger partial charge in [-0.1, -0.05) is 6.07 Å². The normalized spacial score (nSPS) is 29.4. The van der Waals surface area contributed by atoms with Crippen LogP contribution < -0.4 is 4.74 Å². The van der Waals surface area contributed by atoms with Gasteiger partial charge in [-0.2, -0.15) is 5.26 Å². The Balaban J connectivity index is 0.00000133. The van der Waals surface area contributed by atoms with Crippen LogP contribution in [0.4, 0.5) is 0 Å². The van der Waals surface area contributed by atoms with Gasteiger partial charge in [-0.15, -0.1) is 12.4 Å². The standard InChI is InChI=1S/C15H18N2O.ClH/c1-17-12-5-6-13(17)9-15(8-12)18-14-4-2-3-11(7-14)10-16;/h2-4,7,12-13,15H,5-6,8-9H2,1H3;1H. The summed E-state index contributed by atoms with van der Waals surface area (Å²) in [4.78, 5) is 2.51. The number of fused-ring (bicyclic) bond motifs is 2. The van der Waals surface area contributed by atoms with Gasteiger partial charge in [0.15, 0.2) is 0 Å². The molecule has 0 saturated carbocycles. The van der Waals surface area contributed by atoms with E-state index in [0.29, 0.717) is 23.8 Å². The Morgan fingerprint density at radius 1 is 1.26 bits per heavy atom. The highest BCUT2D eigenvalue weighted by Gasteiger charge is 2.39. The highest BCUT2D eigenvalue weighted by atomic mass is 35.5. The summed E-state index contributed by atoms with van der Waals surface area (Å²) in [5.74, 6) is 0.836. The van der Waals surface area contributed by atoms with Gasteiger partial charge in [0.1, 0.15) is 11.9 Å². The van der Waals surface area contributed by atoms with Crippen LogP contribution in [-0.2, 0) is 0 Å². The fourth-order valence-electron chi connectivity index (χ4n) is 3.29. The lowest BCUT2D eigenvalue weighted by Gasteiger charge is -2.36. The molecule has 0 spiro atoms. The van der Waals surface area contributed by atoms with Gasteiger partial charge >= 0.3 is 0 Å². The molecule has 0 aliphatic carbocycles. The molecule has 2 unspecified atom stereocenters. The minimum Gasteiger partial charge on any atom is -0.490 e. The van der Waals surface area contributed by atoms with Crippen LogP contribution in [0.3, 0.4) is 0 Å². The Bertz CT molecular complexity index is 471. The summed E-state index contributed by atoms with van der Waals surface area (Å²) in [6.45, 7) is 0. The minimum absolute atomic E-state index is 0. The number of ether oxygens (including phenoxy) is 1. The van der Waals surface area contributed by atoms with Gasteiger partial charge in [-0.3, -0.25) is 0 Å². The second kappa shape index (κ2) is 5.81. The van der Waals surface area contributed by atoms with Crippen LogP contribution in [0.5, 0.6) is 5.75 Å². The van der Waals surface area contributed by atoms with Crippen LogP contribution >= 0.6 is 12.4 Å². The van der Waals surface area contributed by atoms with Crippen molar-refractivity contribution in [2.75, 3.05) is 7.05 Å². The molecule has 1 aromatic rings. The molecular weight excluding hydrogens is 260 g/mol. The van der Waals surface area contributed by atoms with Crippen molar-refractivity contribution in [3.8, 4) is 11.8 Å². The zero-order chi connectivity index (χ0) is 12.5. The second-order valence-electron chi connectivity index (χ2n) is 5.40. The van der Waals surface area contributed by atoms with E-state index in [0.717, 1.165) is 18.6 Å².